The van der Waals surface area contributed by atoms with E-state index in [1.165, 1.54) is 18.4 Å². The minimum atomic E-state index is -0.0737. The van der Waals surface area contributed by atoms with Gasteiger partial charge >= 0.3 is 0 Å². The summed E-state index contributed by atoms with van der Waals surface area (Å²) in [7, 11) is 2.24. The maximum Gasteiger partial charge on any atom is 0.227 e. The van der Waals surface area contributed by atoms with Crippen LogP contribution >= 0.6 is 12.4 Å². The molecule has 2 heterocycles. The Morgan fingerprint density at radius 1 is 1.12 bits per heavy atom. The Hall–Kier alpha value is -1.06. The normalized spacial score (nSPS) is 27.0. The van der Waals surface area contributed by atoms with Crippen molar-refractivity contribution in [1.82, 2.24) is 10.2 Å². The van der Waals surface area contributed by atoms with Crippen molar-refractivity contribution in [3.05, 3.63) is 35.4 Å². The van der Waals surface area contributed by atoms with Gasteiger partial charge in [-0.1, -0.05) is 38.1 Å². The summed E-state index contributed by atoms with van der Waals surface area (Å²) in [6, 6.07) is 10.3. The first-order chi connectivity index (χ1) is 11.4. The molecule has 0 spiro atoms. The predicted molar refractivity (Wildman–Crippen MR) is 106 cm³/mol. The monoisotopic (exact) mass is 364 g/mol. The molecule has 1 aromatic rings. The lowest BCUT2D eigenvalue weighted by Crippen LogP contribution is -2.49. The van der Waals surface area contributed by atoms with E-state index in [1.54, 1.807) is 0 Å². The minimum absolute atomic E-state index is 0. The molecule has 2 aliphatic rings. The van der Waals surface area contributed by atoms with Crippen molar-refractivity contribution in [2.45, 2.75) is 76.9 Å². The molecule has 3 nitrogen and oxygen atoms in total. The largest absolute Gasteiger partial charge is 0.353 e. The van der Waals surface area contributed by atoms with Crippen molar-refractivity contribution in [3.63, 3.8) is 0 Å². The lowest BCUT2D eigenvalue weighted by Gasteiger charge is -2.37. The molecule has 140 valence electrons. The second-order valence-electron chi connectivity index (χ2n) is 8.29. The summed E-state index contributed by atoms with van der Waals surface area (Å²) in [5, 5.41) is 3.32. The van der Waals surface area contributed by atoms with E-state index in [-0.39, 0.29) is 24.2 Å². The quantitative estimate of drug-likeness (QED) is 0.851. The van der Waals surface area contributed by atoms with Gasteiger partial charge in [-0.2, -0.15) is 0 Å². The number of fused-ring (bicyclic) bond motifs is 2. The number of carbonyl (C=O) groups excluding carboxylic acids is 1. The molecule has 0 radical (unpaired) electrons. The lowest BCUT2D eigenvalue weighted by atomic mass is 9.94. The van der Waals surface area contributed by atoms with Crippen LogP contribution in [0.1, 0.15) is 63.5 Å². The van der Waals surface area contributed by atoms with E-state index in [0.717, 1.165) is 24.8 Å². The van der Waals surface area contributed by atoms with Gasteiger partial charge in [-0.05, 0) is 63.1 Å². The zero-order chi connectivity index (χ0) is 17.3. The van der Waals surface area contributed by atoms with Crippen LogP contribution in [-0.4, -0.2) is 36.0 Å². The Morgan fingerprint density at radius 2 is 1.68 bits per heavy atom. The van der Waals surface area contributed by atoms with Crippen molar-refractivity contribution >= 4 is 18.3 Å². The summed E-state index contributed by atoms with van der Waals surface area (Å²) in [6.45, 7) is 6.49. The number of carbonyl (C=O) groups is 1. The number of halogens is 1. The highest BCUT2D eigenvalue weighted by molar-refractivity contribution is 5.85. The molecule has 1 aromatic carbocycles. The highest BCUT2D eigenvalue weighted by Crippen LogP contribution is 2.34. The van der Waals surface area contributed by atoms with Gasteiger partial charge in [0.1, 0.15) is 0 Å². The summed E-state index contributed by atoms with van der Waals surface area (Å²) in [5.41, 5.74) is 2.48. The van der Waals surface area contributed by atoms with Gasteiger partial charge in [-0.3, -0.25) is 4.79 Å². The Bertz CT molecular complexity index is 558. The first-order valence-electron chi connectivity index (χ1n) is 9.55. The summed E-state index contributed by atoms with van der Waals surface area (Å²) < 4.78 is 0. The highest BCUT2D eigenvalue weighted by atomic mass is 35.5. The molecule has 3 atom stereocenters. The number of rotatable bonds is 5. The fraction of sp³-hybridized carbons (Fsp3) is 0.667. The maximum absolute atomic E-state index is 12.7. The van der Waals surface area contributed by atoms with Crippen molar-refractivity contribution in [3.8, 4) is 0 Å². The third kappa shape index (κ3) is 4.77. The van der Waals surface area contributed by atoms with Crippen LogP contribution in [0.2, 0.25) is 0 Å². The van der Waals surface area contributed by atoms with Crippen LogP contribution in [-0.2, 0) is 11.2 Å². The van der Waals surface area contributed by atoms with Crippen molar-refractivity contribution < 1.29 is 4.79 Å². The average Bonchev–Trinajstić information content (AvgIpc) is 2.75. The van der Waals surface area contributed by atoms with Crippen LogP contribution in [0.15, 0.2) is 24.3 Å². The predicted octanol–water partition coefficient (Wildman–Crippen LogP) is 4.15. The molecule has 25 heavy (non-hydrogen) atoms. The fourth-order valence-electron chi connectivity index (χ4n) is 4.42. The zero-order valence-electron chi connectivity index (χ0n) is 16.0. The van der Waals surface area contributed by atoms with E-state index in [2.05, 4.69) is 55.4 Å². The topological polar surface area (TPSA) is 32.3 Å². The van der Waals surface area contributed by atoms with E-state index in [1.807, 2.05) is 6.92 Å². The number of nitrogens with zero attached hydrogens (tertiary/aromatic N) is 1. The zero-order valence-corrected chi connectivity index (χ0v) is 16.8. The second kappa shape index (κ2) is 8.55. The van der Waals surface area contributed by atoms with Gasteiger partial charge in [0.15, 0.2) is 0 Å². The molecule has 0 aliphatic carbocycles. The Balaban J connectivity index is 0.00000225. The van der Waals surface area contributed by atoms with E-state index in [0.29, 0.717) is 24.0 Å². The van der Waals surface area contributed by atoms with E-state index in [4.69, 9.17) is 0 Å². The smallest absolute Gasteiger partial charge is 0.227 e. The number of hydrogen-bond donors (Lipinski definition) is 1. The molecule has 2 saturated heterocycles. The van der Waals surface area contributed by atoms with E-state index < -0.39 is 0 Å². The van der Waals surface area contributed by atoms with E-state index in [9.17, 15) is 4.79 Å². The molecular weight excluding hydrogens is 332 g/mol. The Kier molecular flexibility index (Phi) is 6.93. The number of amides is 1. The van der Waals surface area contributed by atoms with Crippen molar-refractivity contribution in [2.75, 3.05) is 7.05 Å². The molecule has 2 fully saturated rings. The number of piperidine rings is 1. The number of hydrogen-bond acceptors (Lipinski definition) is 2. The third-order valence-corrected chi connectivity index (χ3v) is 5.96. The van der Waals surface area contributed by atoms with Crippen LogP contribution in [0.25, 0.3) is 0 Å². The second-order valence-corrected chi connectivity index (χ2v) is 8.29. The third-order valence-electron chi connectivity index (χ3n) is 5.96. The summed E-state index contributed by atoms with van der Waals surface area (Å²) >= 11 is 0. The lowest BCUT2D eigenvalue weighted by molar-refractivity contribution is -0.123. The first kappa shape index (κ1) is 20.3. The van der Waals surface area contributed by atoms with Crippen LogP contribution < -0.4 is 5.32 Å². The van der Waals surface area contributed by atoms with Crippen LogP contribution in [0, 0.1) is 5.92 Å². The van der Waals surface area contributed by atoms with Gasteiger partial charge in [0.25, 0.3) is 0 Å². The summed E-state index contributed by atoms with van der Waals surface area (Å²) in [6.07, 6.45) is 5.90. The molecule has 0 saturated carbocycles. The minimum Gasteiger partial charge on any atom is -0.353 e. The highest BCUT2D eigenvalue weighted by Gasteiger charge is 2.39. The molecule has 2 unspecified atom stereocenters. The summed E-state index contributed by atoms with van der Waals surface area (Å²) in [5.74, 6) is 0.771. The van der Waals surface area contributed by atoms with Gasteiger partial charge < -0.3 is 10.2 Å². The van der Waals surface area contributed by atoms with Gasteiger partial charge in [0.2, 0.25) is 5.91 Å². The molecule has 1 N–H and O–H groups in total. The molecule has 2 bridgehead atoms. The SMILES string of the molecule is CC(C)Cc1ccc([C@@H](C)C(=O)NC2CC3CCC(C2)N3C)cc1.Cl. The summed E-state index contributed by atoms with van der Waals surface area (Å²) in [4.78, 5) is 15.2. The first-order valence-corrected chi connectivity index (χ1v) is 9.55. The van der Waals surface area contributed by atoms with Crippen LogP contribution in [0.3, 0.4) is 0 Å². The molecular formula is C21H33ClN2O. The molecule has 2 aliphatic heterocycles. The Labute approximate surface area is 159 Å². The molecule has 1 amide bonds. The van der Waals surface area contributed by atoms with Gasteiger partial charge in [-0.25, -0.2) is 0 Å². The Morgan fingerprint density at radius 3 is 2.20 bits per heavy atom. The van der Waals surface area contributed by atoms with Crippen LogP contribution in [0.5, 0.6) is 0 Å². The van der Waals surface area contributed by atoms with E-state index >= 15 is 0 Å². The van der Waals surface area contributed by atoms with Crippen molar-refractivity contribution in [2.24, 2.45) is 5.92 Å². The number of benzene rings is 1. The average molecular weight is 365 g/mol. The van der Waals surface area contributed by atoms with Gasteiger partial charge in [0, 0.05) is 18.1 Å². The maximum atomic E-state index is 12.7. The molecule has 4 heteroatoms. The van der Waals surface area contributed by atoms with Gasteiger partial charge in [-0.15, -0.1) is 12.4 Å². The molecule has 3 rings (SSSR count). The molecule has 0 aromatic heterocycles. The number of nitrogens with one attached hydrogen (secondary N) is 1. The van der Waals surface area contributed by atoms with Crippen LogP contribution in [0.4, 0.5) is 0 Å². The van der Waals surface area contributed by atoms with Gasteiger partial charge in [0.05, 0.1) is 5.92 Å². The van der Waals surface area contributed by atoms with Crippen molar-refractivity contribution in [1.29, 1.82) is 0 Å². The standard InChI is InChI=1S/C21H32N2O.ClH/c1-14(2)11-16-5-7-17(8-6-16)15(3)21(24)22-18-12-19-9-10-20(13-18)23(19)4;/h5-8,14-15,18-20H,9-13H2,1-4H3,(H,22,24);1H/t15-,18?,19?,20?;/m1./s1. The fourth-order valence-corrected chi connectivity index (χ4v) is 4.42.